The van der Waals surface area contributed by atoms with Gasteiger partial charge in [-0.05, 0) is 49.8 Å². The van der Waals surface area contributed by atoms with Crippen LogP contribution in [0.3, 0.4) is 0 Å². The molecule has 2 heteroatoms. The van der Waals surface area contributed by atoms with Crippen molar-refractivity contribution in [2.24, 2.45) is 0 Å². The molecule has 112 valence electrons. The van der Waals surface area contributed by atoms with Gasteiger partial charge in [0, 0.05) is 16.6 Å². The van der Waals surface area contributed by atoms with E-state index in [-0.39, 0.29) is 0 Å². The molecule has 0 amide bonds. The van der Waals surface area contributed by atoms with Crippen molar-refractivity contribution in [3.63, 3.8) is 0 Å². The summed E-state index contributed by atoms with van der Waals surface area (Å²) in [5.74, 6) is 0.771. The quantitative estimate of drug-likeness (QED) is 0.605. The second-order valence-corrected chi connectivity index (χ2v) is 7.25. The van der Waals surface area contributed by atoms with Gasteiger partial charge in [-0.3, -0.25) is 0 Å². The first-order chi connectivity index (χ1) is 9.69. The molecule has 0 spiro atoms. The SMILES string of the molecule is CCCCCCC(C)NC1CC(c2ccc(Br)cc2)C1. The Morgan fingerprint density at radius 2 is 1.85 bits per heavy atom. The Balaban J connectivity index is 1.62. The van der Waals surface area contributed by atoms with E-state index in [0.717, 1.165) is 12.0 Å². The van der Waals surface area contributed by atoms with Gasteiger partial charge in [0.2, 0.25) is 0 Å². The van der Waals surface area contributed by atoms with Gasteiger partial charge in [0.1, 0.15) is 0 Å². The molecule has 1 aromatic carbocycles. The van der Waals surface area contributed by atoms with E-state index in [1.54, 1.807) is 0 Å². The number of nitrogens with one attached hydrogen (secondary N) is 1. The van der Waals surface area contributed by atoms with Crippen molar-refractivity contribution in [2.45, 2.75) is 76.8 Å². The van der Waals surface area contributed by atoms with Gasteiger partial charge in [-0.25, -0.2) is 0 Å². The molecule has 0 saturated heterocycles. The van der Waals surface area contributed by atoms with Crippen LogP contribution in [0.15, 0.2) is 28.7 Å². The van der Waals surface area contributed by atoms with Crippen LogP contribution in [-0.2, 0) is 0 Å². The molecule has 0 radical (unpaired) electrons. The van der Waals surface area contributed by atoms with E-state index in [0.29, 0.717) is 6.04 Å². The highest BCUT2D eigenvalue weighted by atomic mass is 79.9. The standard InChI is InChI=1S/C18H28BrN/c1-3-4-5-6-7-14(2)20-18-12-16(13-18)15-8-10-17(19)11-9-15/h8-11,14,16,18,20H,3-7,12-13H2,1-2H3. The molecule has 1 aromatic rings. The van der Waals surface area contributed by atoms with Crippen LogP contribution in [0, 0.1) is 0 Å². The summed E-state index contributed by atoms with van der Waals surface area (Å²) < 4.78 is 1.18. The zero-order valence-corrected chi connectivity index (χ0v) is 14.5. The molecular formula is C18H28BrN. The molecule has 0 heterocycles. The van der Waals surface area contributed by atoms with Crippen molar-refractivity contribution in [2.75, 3.05) is 0 Å². The van der Waals surface area contributed by atoms with E-state index in [2.05, 4.69) is 59.4 Å². The summed E-state index contributed by atoms with van der Waals surface area (Å²) in [7, 11) is 0. The fraction of sp³-hybridized carbons (Fsp3) is 0.667. The lowest BCUT2D eigenvalue weighted by molar-refractivity contribution is 0.263. The van der Waals surface area contributed by atoms with Crippen molar-refractivity contribution in [1.82, 2.24) is 5.32 Å². The Bertz CT molecular complexity index is 381. The second-order valence-electron chi connectivity index (χ2n) is 6.33. The average Bonchev–Trinajstić information content (AvgIpc) is 2.40. The van der Waals surface area contributed by atoms with Crippen LogP contribution >= 0.6 is 15.9 Å². The number of rotatable bonds is 8. The predicted octanol–water partition coefficient (Wildman–Crippen LogP) is 5.64. The number of benzene rings is 1. The minimum absolute atomic E-state index is 0.683. The number of unbranched alkanes of at least 4 members (excludes halogenated alkanes) is 3. The summed E-state index contributed by atoms with van der Waals surface area (Å²) in [5.41, 5.74) is 1.50. The number of hydrogen-bond acceptors (Lipinski definition) is 1. The summed E-state index contributed by atoms with van der Waals surface area (Å²) in [6.45, 7) is 4.62. The molecule has 1 fully saturated rings. The fourth-order valence-corrected chi connectivity index (χ4v) is 3.39. The van der Waals surface area contributed by atoms with Crippen LogP contribution in [0.4, 0.5) is 0 Å². The van der Waals surface area contributed by atoms with Gasteiger partial charge in [-0.15, -0.1) is 0 Å². The normalized spacial score (nSPS) is 23.4. The molecule has 1 aliphatic carbocycles. The van der Waals surface area contributed by atoms with Gasteiger partial charge < -0.3 is 5.32 Å². The lowest BCUT2D eigenvalue weighted by Gasteiger charge is -2.38. The van der Waals surface area contributed by atoms with Gasteiger partial charge in [-0.2, -0.15) is 0 Å². The van der Waals surface area contributed by atoms with Crippen molar-refractivity contribution >= 4 is 15.9 Å². The molecule has 0 aliphatic heterocycles. The highest BCUT2D eigenvalue weighted by Crippen LogP contribution is 2.37. The smallest absolute Gasteiger partial charge is 0.0175 e. The molecule has 2 rings (SSSR count). The minimum Gasteiger partial charge on any atom is -0.311 e. The molecular weight excluding hydrogens is 310 g/mol. The second kappa shape index (κ2) is 8.19. The zero-order chi connectivity index (χ0) is 14.4. The molecule has 20 heavy (non-hydrogen) atoms. The maximum atomic E-state index is 3.80. The van der Waals surface area contributed by atoms with Gasteiger partial charge in [0.05, 0.1) is 0 Å². The summed E-state index contributed by atoms with van der Waals surface area (Å²) in [6, 6.07) is 10.3. The highest BCUT2D eigenvalue weighted by Gasteiger charge is 2.30. The van der Waals surface area contributed by atoms with Crippen molar-refractivity contribution in [3.8, 4) is 0 Å². The van der Waals surface area contributed by atoms with Gasteiger partial charge in [-0.1, -0.05) is 60.7 Å². The van der Waals surface area contributed by atoms with E-state index in [1.165, 1.54) is 55.0 Å². The van der Waals surface area contributed by atoms with E-state index in [4.69, 9.17) is 0 Å². The maximum absolute atomic E-state index is 3.80. The van der Waals surface area contributed by atoms with Crippen LogP contribution < -0.4 is 5.32 Å². The van der Waals surface area contributed by atoms with E-state index in [9.17, 15) is 0 Å². The Morgan fingerprint density at radius 1 is 1.15 bits per heavy atom. The molecule has 1 atom stereocenters. The van der Waals surface area contributed by atoms with Crippen LogP contribution in [0.1, 0.15) is 70.3 Å². The number of halogens is 1. The Labute approximate surface area is 132 Å². The first-order valence-corrected chi connectivity index (χ1v) is 9.00. The summed E-state index contributed by atoms with van der Waals surface area (Å²) >= 11 is 3.50. The molecule has 1 saturated carbocycles. The van der Waals surface area contributed by atoms with Crippen LogP contribution in [0.2, 0.25) is 0 Å². The number of hydrogen-bond donors (Lipinski definition) is 1. The average molecular weight is 338 g/mol. The van der Waals surface area contributed by atoms with Crippen molar-refractivity contribution in [3.05, 3.63) is 34.3 Å². The largest absolute Gasteiger partial charge is 0.311 e. The Morgan fingerprint density at radius 3 is 2.50 bits per heavy atom. The van der Waals surface area contributed by atoms with Gasteiger partial charge >= 0.3 is 0 Å². The van der Waals surface area contributed by atoms with Crippen LogP contribution in [0.25, 0.3) is 0 Å². The summed E-state index contributed by atoms with van der Waals surface area (Å²) in [4.78, 5) is 0. The lowest BCUT2D eigenvalue weighted by Crippen LogP contribution is -2.44. The van der Waals surface area contributed by atoms with Gasteiger partial charge in [0.15, 0.2) is 0 Å². The summed E-state index contributed by atoms with van der Waals surface area (Å²) in [5, 5.41) is 3.80. The molecule has 1 N–H and O–H groups in total. The van der Waals surface area contributed by atoms with Crippen molar-refractivity contribution in [1.29, 1.82) is 0 Å². The third-order valence-electron chi connectivity index (χ3n) is 4.49. The van der Waals surface area contributed by atoms with E-state index in [1.807, 2.05) is 0 Å². The Kier molecular flexibility index (Phi) is 6.57. The van der Waals surface area contributed by atoms with Crippen molar-refractivity contribution < 1.29 is 0 Å². The van der Waals surface area contributed by atoms with E-state index >= 15 is 0 Å². The molecule has 1 aliphatic rings. The third-order valence-corrected chi connectivity index (χ3v) is 5.02. The summed E-state index contributed by atoms with van der Waals surface area (Å²) in [6.07, 6.45) is 9.45. The highest BCUT2D eigenvalue weighted by molar-refractivity contribution is 9.10. The fourth-order valence-electron chi connectivity index (χ4n) is 3.12. The van der Waals surface area contributed by atoms with Crippen LogP contribution in [-0.4, -0.2) is 12.1 Å². The minimum atomic E-state index is 0.683. The predicted molar refractivity (Wildman–Crippen MR) is 91.3 cm³/mol. The molecule has 1 nitrogen and oxygen atoms in total. The lowest BCUT2D eigenvalue weighted by atomic mass is 9.75. The monoisotopic (exact) mass is 337 g/mol. The first-order valence-electron chi connectivity index (χ1n) is 8.20. The Hall–Kier alpha value is -0.340. The third kappa shape index (κ3) is 4.89. The van der Waals surface area contributed by atoms with Crippen LogP contribution in [0.5, 0.6) is 0 Å². The zero-order valence-electron chi connectivity index (χ0n) is 12.9. The van der Waals surface area contributed by atoms with Gasteiger partial charge in [0.25, 0.3) is 0 Å². The molecule has 0 bridgehead atoms. The topological polar surface area (TPSA) is 12.0 Å². The maximum Gasteiger partial charge on any atom is 0.0175 e. The van der Waals surface area contributed by atoms with E-state index < -0.39 is 0 Å². The molecule has 1 unspecified atom stereocenters. The molecule has 0 aromatic heterocycles. The first kappa shape index (κ1) is 16.0.